The van der Waals surface area contributed by atoms with E-state index in [1.54, 1.807) is 6.08 Å². The van der Waals surface area contributed by atoms with Gasteiger partial charge in [-0.05, 0) is 37.0 Å². The summed E-state index contributed by atoms with van der Waals surface area (Å²) in [5.41, 5.74) is 6.75. The Labute approximate surface area is 107 Å². The first-order valence-corrected chi connectivity index (χ1v) is 6.57. The van der Waals surface area contributed by atoms with Gasteiger partial charge in [0.25, 0.3) is 0 Å². The van der Waals surface area contributed by atoms with Gasteiger partial charge in [0.15, 0.2) is 0 Å². The smallest absolute Gasteiger partial charge is 0.133 e. The molecule has 2 N–H and O–H groups in total. The summed E-state index contributed by atoms with van der Waals surface area (Å²) in [5.74, 6) is -0.642. The zero-order valence-corrected chi connectivity index (χ0v) is 10.5. The minimum atomic E-state index is -0.517. The molecule has 1 saturated carbocycles. The zero-order valence-electron chi connectivity index (χ0n) is 10.5. The van der Waals surface area contributed by atoms with E-state index < -0.39 is 11.6 Å². The summed E-state index contributed by atoms with van der Waals surface area (Å²) in [6.07, 6.45) is 7.39. The second-order valence-electron chi connectivity index (χ2n) is 4.89. The molecule has 0 aromatic heterocycles. The highest BCUT2D eigenvalue weighted by Crippen LogP contribution is 2.31. The summed E-state index contributed by atoms with van der Waals surface area (Å²) in [6.45, 7) is 0.373. The molecule has 0 radical (unpaired) electrons. The van der Waals surface area contributed by atoms with E-state index in [9.17, 15) is 8.78 Å². The van der Waals surface area contributed by atoms with Gasteiger partial charge in [-0.15, -0.1) is 0 Å². The molecular weight excluding hydrogens is 232 g/mol. The molecule has 3 heteroatoms. The Kier molecular flexibility index (Phi) is 4.48. The van der Waals surface area contributed by atoms with Crippen molar-refractivity contribution in [2.45, 2.75) is 32.1 Å². The maximum Gasteiger partial charge on any atom is 0.133 e. The van der Waals surface area contributed by atoms with Gasteiger partial charge >= 0.3 is 0 Å². The fourth-order valence-corrected chi connectivity index (χ4v) is 2.65. The van der Waals surface area contributed by atoms with Crippen LogP contribution < -0.4 is 5.73 Å². The van der Waals surface area contributed by atoms with Crippen LogP contribution in [0.25, 0.3) is 6.08 Å². The quantitative estimate of drug-likeness (QED) is 0.866. The van der Waals surface area contributed by atoms with Gasteiger partial charge in [-0.2, -0.15) is 0 Å². The lowest BCUT2D eigenvalue weighted by atomic mass is 9.83. The molecule has 0 saturated heterocycles. The Hall–Kier alpha value is -1.22. The predicted octanol–water partition coefficient (Wildman–Crippen LogP) is 3.89. The summed E-state index contributed by atoms with van der Waals surface area (Å²) in [7, 11) is 0. The van der Waals surface area contributed by atoms with Crippen LogP contribution in [0.3, 0.4) is 0 Å². The van der Waals surface area contributed by atoms with Crippen molar-refractivity contribution < 1.29 is 8.78 Å². The van der Waals surface area contributed by atoms with Gasteiger partial charge in [-0.25, -0.2) is 8.78 Å². The van der Waals surface area contributed by atoms with Gasteiger partial charge in [0.05, 0.1) is 0 Å². The molecule has 0 bridgehead atoms. The summed E-state index contributed by atoms with van der Waals surface area (Å²) >= 11 is 0. The number of rotatable bonds is 3. The normalized spacial score (nSPS) is 18.1. The molecule has 0 heterocycles. The summed E-state index contributed by atoms with van der Waals surface area (Å²) in [6, 6.07) is 3.94. The minimum absolute atomic E-state index is 0.0449. The standard InChI is InChI=1S/C15H19F2N/c16-14-7-4-8-15(17)13(14)9-12(10-18)11-5-2-1-3-6-11/h4,7-9,11H,1-3,5-6,10,18H2. The lowest BCUT2D eigenvalue weighted by Gasteiger charge is -2.24. The van der Waals surface area contributed by atoms with Crippen LogP contribution in [-0.2, 0) is 0 Å². The molecule has 98 valence electrons. The van der Waals surface area contributed by atoms with Gasteiger partial charge < -0.3 is 5.73 Å². The number of nitrogens with two attached hydrogens (primary N) is 1. The van der Waals surface area contributed by atoms with Crippen LogP contribution in [-0.4, -0.2) is 6.54 Å². The number of hydrogen-bond donors (Lipinski definition) is 1. The van der Waals surface area contributed by atoms with Crippen LogP contribution in [0.2, 0.25) is 0 Å². The van der Waals surface area contributed by atoms with Crippen molar-refractivity contribution >= 4 is 6.08 Å². The molecule has 0 spiro atoms. The van der Waals surface area contributed by atoms with E-state index in [1.165, 1.54) is 37.5 Å². The van der Waals surface area contributed by atoms with Gasteiger partial charge in [-0.1, -0.05) is 30.9 Å². The molecule has 1 aliphatic carbocycles. The third kappa shape index (κ3) is 2.96. The van der Waals surface area contributed by atoms with Crippen molar-refractivity contribution in [2.75, 3.05) is 6.54 Å². The van der Waals surface area contributed by atoms with Crippen LogP contribution in [0.4, 0.5) is 8.78 Å². The zero-order chi connectivity index (χ0) is 13.0. The van der Waals surface area contributed by atoms with Gasteiger partial charge in [0.2, 0.25) is 0 Å². The van der Waals surface area contributed by atoms with Crippen LogP contribution >= 0.6 is 0 Å². The maximum atomic E-state index is 13.6. The van der Waals surface area contributed by atoms with E-state index in [0.717, 1.165) is 18.4 Å². The molecule has 1 nitrogen and oxygen atoms in total. The summed E-state index contributed by atoms with van der Waals surface area (Å²) in [4.78, 5) is 0. The largest absolute Gasteiger partial charge is 0.327 e. The first-order valence-electron chi connectivity index (χ1n) is 6.57. The third-order valence-corrected chi connectivity index (χ3v) is 3.69. The highest BCUT2D eigenvalue weighted by molar-refractivity contribution is 5.55. The molecule has 18 heavy (non-hydrogen) atoms. The number of hydrogen-bond acceptors (Lipinski definition) is 1. The summed E-state index contributed by atoms with van der Waals surface area (Å²) < 4.78 is 27.2. The average Bonchev–Trinajstić information content (AvgIpc) is 2.40. The Morgan fingerprint density at radius 1 is 1.17 bits per heavy atom. The van der Waals surface area contributed by atoms with Crippen LogP contribution in [0.1, 0.15) is 37.7 Å². The number of halogens is 2. The first-order chi connectivity index (χ1) is 8.72. The Morgan fingerprint density at radius 2 is 1.78 bits per heavy atom. The fraction of sp³-hybridized carbons (Fsp3) is 0.467. The molecule has 1 aromatic rings. The van der Waals surface area contributed by atoms with Crippen LogP contribution in [0, 0.1) is 17.6 Å². The van der Waals surface area contributed by atoms with E-state index in [0.29, 0.717) is 12.5 Å². The first kappa shape index (κ1) is 13.2. The predicted molar refractivity (Wildman–Crippen MR) is 70.0 cm³/mol. The topological polar surface area (TPSA) is 26.0 Å². The van der Waals surface area contributed by atoms with Crippen LogP contribution in [0.15, 0.2) is 23.8 Å². The number of benzene rings is 1. The molecule has 0 atom stereocenters. The Balaban J connectivity index is 2.28. The lowest BCUT2D eigenvalue weighted by molar-refractivity contribution is 0.401. The van der Waals surface area contributed by atoms with Crippen molar-refractivity contribution in [1.82, 2.24) is 0 Å². The van der Waals surface area contributed by atoms with E-state index >= 15 is 0 Å². The maximum absolute atomic E-state index is 13.6. The summed E-state index contributed by atoms with van der Waals surface area (Å²) in [5, 5.41) is 0. The van der Waals surface area contributed by atoms with Crippen molar-refractivity contribution in [3.63, 3.8) is 0 Å². The fourth-order valence-electron chi connectivity index (χ4n) is 2.65. The van der Waals surface area contributed by atoms with Gasteiger partial charge in [-0.3, -0.25) is 0 Å². The molecule has 0 amide bonds. The molecule has 1 aromatic carbocycles. The van der Waals surface area contributed by atoms with Crippen LogP contribution in [0.5, 0.6) is 0 Å². The Morgan fingerprint density at radius 3 is 2.33 bits per heavy atom. The van der Waals surface area contributed by atoms with Crippen molar-refractivity contribution in [3.05, 3.63) is 41.0 Å². The van der Waals surface area contributed by atoms with Crippen molar-refractivity contribution in [1.29, 1.82) is 0 Å². The average molecular weight is 251 g/mol. The second-order valence-corrected chi connectivity index (χ2v) is 4.89. The van der Waals surface area contributed by atoms with E-state index in [1.807, 2.05) is 0 Å². The van der Waals surface area contributed by atoms with Gasteiger partial charge in [0.1, 0.15) is 11.6 Å². The SMILES string of the molecule is NCC(=Cc1c(F)cccc1F)C1CCCCC1. The highest BCUT2D eigenvalue weighted by atomic mass is 19.1. The lowest BCUT2D eigenvalue weighted by Crippen LogP contribution is -2.16. The second kappa shape index (κ2) is 6.10. The molecule has 2 rings (SSSR count). The van der Waals surface area contributed by atoms with E-state index in [4.69, 9.17) is 5.73 Å². The molecule has 1 fully saturated rings. The van der Waals surface area contributed by atoms with Crippen molar-refractivity contribution in [3.8, 4) is 0 Å². The highest BCUT2D eigenvalue weighted by Gasteiger charge is 2.18. The molecule has 1 aliphatic rings. The monoisotopic (exact) mass is 251 g/mol. The van der Waals surface area contributed by atoms with E-state index in [-0.39, 0.29) is 5.56 Å². The molecular formula is C15H19F2N. The minimum Gasteiger partial charge on any atom is -0.327 e. The molecule has 0 aliphatic heterocycles. The van der Waals surface area contributed by atoms with Gasteiger partial charge in [0, 0.05) is 12.1 Å². The Bertz CT molecular complexity index is 414. The molecule has 0 unspecified atom stereocenters. The third-order valence-electron chi connectivity index (χ3n) is 3.69. The van der Waals surface area contributed by atoms with E-state index in [2.05, 4.69) is 0 Å². The van der Waals surface area contributed by atoms with Crippen molar-refractivity contribution in [2.24, 2.45) is 11.7 Å².